The van der Waals surface area contributed by atoms with E-state index in [9.17, 15) is 13.2 Å². The Morgan fingerprint density at radius 1 is 1.38 bits per heavy atom. The molecule has 0 aromatic rings. The minimum atomic E-state index is -2.91. The van der Waals surface area contributed by atoms with E-state index in [-0.39, 0.29) is 17.5 Å². The Morgan fingerprint density at radius 2 is 2.00 bits per heavy atom. The van der Waals surface area contributed by atoms with Crippen molar-refractivity contribution in [1.82, 2.24) is 10.0 Å². The van der Waals surface area contributed by atoms with Gasteiger partial charge in [0.2, 0.25) is 6.41 Å². The van der Waals surface area contributed by atoms with Gasteiger partial charge in [0, 0.05) is 14.1 Å². The number of carbonyl (C=O) groups is 1. The number of nitrogens with zero attached hydrogens (tertiary/aromatic N) is 2. The van der Waals surface area contributed by atoms with Crippen molar-refractivity contribution < 1.29 is 13.2 Å². The molecule has 0 aliphatic carbocycles. The highest BCUT2D eigenvalue weighted by atomic mass is 32.2. The molecule has 5 nitrogen and oxygen atoms in total. The van der Waals surface area contributed by atoms with E-state index in [1.54, 1.807) is 19.1 Å². The molecule has 0 saturated carbocycles. The molecule has 76 valence electrons. The molecule has 1 amide bonds. The number of sulfone groups is 1. The van der Waals surface area contributed by atoms with Crippen LogP contribution in [-0.4, -0.2) is 56.5 Å². The lowest BCUT2D eigenvalue weighted by molar-refractivity contribution is -0.134. The zero-order valence-corrected chi connectivity index (χ0v) is 8.62. The van der Waals surface area contributed by atoms with Gasteiger partial charge in [-0.2, -0.15) is 0 Å². The van der Waals surface area contributed by atoms with Crippen LogP contribution in [0.1, 0.15) is 6.42 Å². The predicted octanol–water partition coefficient (Wildman–Crippen LogP) is -0.891. The number of hydrazine groups is 1. The summed E-state index contributed by atoms with van der Waals surface area (Å²) < 4.78 is 22.2. The van der Waals surface area contributed by atoms with Gasteiger partial charge in [-0.15, -0.1) is 0 Å². The average molecular weight is 206 g/mol. The summed E-state index contributed by atoms with van der Waals surface area (Å²) in [7, 11) is 0.532. The molecular formula is C7H14N2O3S. The lowest BCUT2D eigenvalue weighted by atomic mass is 10.2. The molecule has 1 atom stereocenters. The first-order chi connectivity index (χ1) is 5.96. The Kier molecular flexibility index (Phi) is 2.92. The number of hydrogen-bond acceptors (Lipinski definition) is 4. The van der Waals surface area contributed by atoms with E-state index >= 15 is 0 Å². The van der Waals surface area contributed by atoms with E-state index in [4.69, 9.17) is 0 Å². The van der Waals surface area contributed by atoms with Gasteiger partial charge in [0.05, 0.1) is 17.5 Å². The standard InChI is InChI=1S/C7H14N2O3S/c1-8(2)9(6-10)7-3-4-13(11,12)5-7/h6-7H,3-5H2,1-2H3/t7-/m1/s1. The maximum Gasteiger partial charge on any atom is 0.224 e. The molecule has 0 unspecified atom stereocenters. The average Bonchev–Trinajstić information content (AvgIpc) is 2.31. The van der Waals surface area contributed by atoms with E-state index in [1.165, 1.54) is 5.01 Å². The molecule has 1 aliphatic rings. The van der Waals surface area contributed by atoms with Crippen LogP contribution in [0.15, 0.2) is 0 Å². The van der Waals surface area contributed by atoms with Crippen molar-refractivity contribution in [2.75, 3.05) is 25.6 Å². The summed E-state index contributed by atoms with van der Waals surface area (Å²) in [5, 5.41) is 3.03. The van der Waals surface area contributed by atoms with Crippen molar-refractivity contribution >= 4 is 16.2 Å². The molecule has 0 aromatic carbocycles. The highest BCUT2D eigenvalue weighted by molar-refractivity contribution is 7.91. The summed E-state index contributed by atoms with van der Waals surface area (Å²) >= 11 is 0. The van der Waals surface area contributed by atoms with Gasteiger partial charge in [0.15, 0.2) is 9.84 Å². The Bertz CT molecular complexity index is 286. The molecule has 0 spiro atoms. The first kappa shape index (κ1) is 10.5. The van der Waals surface area contributed by atoms with Gasteiger partial charge < -0.3 is 0 Å². The Morgan fingerprint density at radius 3 is 2.31 bits per heavy atom. The Labute approximate surface area is 78.2 Å². The highest BCUT2D eigenvalue weighted by Gasteiger charge is 2.32. The van der Waals surface area contributed by atoms with Crippen LogP contribution in [0.3, 0.4) is 0 Å². The van der Waals surface area contributed by atoms with E-state index in [2.05, 4.69) is 0 Å². The summed E-state index contributed by atoms with van der Waals surface area (Å²) in [6.45, 7) is 0. The zero-order valence-electron chi connectivity index (χ0n) is 7.80. The van der Waals surface area contributed by atoms with E-state index in [0.717, 1.165) is 0 Å². The van der Waals surface area contributed by atoms with Gasteiger partial charge >= 0.3 is 0 Å². The molecule has 0 radical (unpaired) electrons. The Balaban J connectivity index is 2.69. The molecular weight excluding hydrogens is 192 g/mol. The lowest BCUT2D eigenvalue weighted by Crippen LogP contribution is -2.44. The maximum atomic E-state index is 11.1. The molecule has 13 heavy (non-hydrogen) atoms. The molecule has 0 aromatic heterocycles. The maximum absolute atomic E-state index is 11.1. The monoisotopic (exact) mass is 206 g/mol. The second kappa shape index (κ2) is 3.63. The minimum absolute atomic E-state index is 0.0872. The van der Waals surface area contributed by atoms with Crippen LogP contribution in [-0.2, 0) is 14.6 Å². The van der Waals surface area contributed by atoms with E-state index < -0.39 is 9.84 Å². The first-order valence-electron chi connectivity index (χ1n) is 4.07. The molecule has 1 heterocycles. The van der Waals surface area contributed by atoms with Crippen LogP contribution in [0.4, 0.5) is 0 Å². The van der Waals surface area contributed by atoms with Crippen molar-refractivity contribution in [1.29, 1.82) is 0 Å². The van der Waals surface area contributed by atoms with Crippen LogP contribution < -0.4 is 0 Å². The second-order valence-electron chi connectivity index (χ2n) is 3.39. The number of hydrogen-bond donors (Lipinski definition) is 0. The van der Waals surface area contributed by atoms with Gasteiger partial charge in [0.1, 0.15) is 0 Å². The SMILES string of the molecule is CN(C)N(C=O)[C@@H]1CCS(=O)(=O)C1. The summed E-state index contributed by atoms with van der Waals surface area (Å²) in [5.74, 6) is 0.278. The first-order valence-corrected chi connectivity index (χ1v) is 5.90. The summed E-state index contributed by atoms with van der Waals surface area (Å²) in [6.07, 6.45) is 1.21. The van der Waals surface area contributed by atoms with Crippen molar-refractivity contribution in [3.8, 4) is 0 Å². The number of rotatable bonds is 3. The van der Waals surface area contributed by atoms with Gasteiger partial charge in [-0.3, -0.25) is 9.80 Å². The molecule has 0 N–H and O–H groups in total. The summed E-state index contributed by atoms with van der Waals surface area (Å²) in [4.78, 5) is 10.6. The highest BCUT2D eigenvalue weighted by Crippen LogP contribution is 2.16. The van der Waals surface area contributed by atoms with Gasteiger partial charge in [-0.1, -0.05) is 0 Å². The topological polar surface area (TPSA) is 57.7 Å². The van der Waals surface area contributed by atoms with Crippen LogP contribution in [0.2, 0.25) is 0 Å². The van der Waals surface area contributed by atoms with Crippen LogP contribution in [0.25, 0.3) is 0 Å². The predicted molar refractivity (Wildman–Crippen MR) is 48.6 cm³/mol. The summed E-state index contributed by atoms with van der Waals surface area (Å²) in [5.41, 5.74) is 0. The number of carbonyl (C=O) groups excluding carboxylic acids is 1. The number of amides is 1. The fraction of sp³-hybridized carbons (Fsp3) is 0.857. The fourth-order valence-corrected chi connectivity index (χ4v) is 3.19. The van der Waals surface area contributed by atoms with Gasteiger partial charge in [-0.05, 0) is 6.42 Å². The van der Waals surface area contributed by atoms with Crippen molar-refractivity contribution in [3.63, 3.8) is 0 Å². The molecule has 1 rings (SSSR count). The van der Waals surface area contributed by atoms with E-state index in [0.29, 0.717) is 12.8 Å². The molecule has 1 fully saturated rings. The minimum Gasteiger partial charge on any atom is -0.277 e. The van der Waals surface area contributed by atoms with Crippen molar-refractivity contribution in [2.45, 2.75) is 12.5 Å². The third kappa shape index (κ3) is 2.41. The third-order valence-corrected chi connectivity index (χ3v) is 3.90. The molecule has 0 bridgehead atoms. The van der Waals surface area contributed by atoms with Crippen molar-refractivity contribution in [2.24, 2.45) is 0 Å². The quantitative estimate of drug-likeness (QED) is 0.444. The van der Waals surface area contributed by atoms with Crippen molar-refractivity contribution in [3.05, 3.63) is 0 Å². The lowest BCUT2D eigenvalue weighted by Gasteiger charge is -2.29. The van der Waals surface area contributed by atoms with Gasteiger partial charge in [0.25, 0.3) is 0 Å². The summed E-state index contributed by atoms with van der Waals surface area (Å²) in [6, 6.07) is -0.183. The second-order valence-corrected chi connectivity index (χ2v) is 5.62. The zero-order chi connectivity index (χ0) is 10.1. The smallest absolute Gasteiger partial charge is 0.224 e. The third-order valence-electron chi connectivity index (χ3n) is 2.15. The Hall–Kier alpha value is -0.620. The van der Waals surface area contributed by atoms with E-state index in [1.807, 2.05) is 0 Å². The molecule has 1 saturated heterocycles. The molecule has 6 heteroatoms. The van der Waals surface area contributed by atoms with Gasteiger partial charge in [-0.25, -0.2) is 13.4 Å². The van der Waals surface area contributed by atoms with Crippen LogP contribution in [0.5, 0.6) is 0 Å². The van der Waals surface area contributed by atoms with Crippen LogP contribution in [0, 0.1) is 0 Å². The normalized spacial score (nSPS) is 26.2. The van der Waals surface area contributed by atoms with Crippen LogP contribution >= 0.6 is 0 Å². The fourth-order valence-electron chi connectivity index (χ4n) is 1.49. The molecule has 1 aliphatic heterocycles. The largest absolute Gasteiger partial charge is 0.277 e.